The van der Waals surface area contributed by atoms with Gasteiger partial charge in [-0.1, -0.05) is 12.2 Å². The standard InChI is InChI=1S/C6H6O2.C5H5.Ru/c7-6(8)5-3-1-2-4-5;1-2-4-5-3-1;/h1-4,7-8H;1-5H;/q;-1;+1. The molecule has 1 aromatic rings. The predicted octanol–water partition coefficient (Wildman–Crippen LogP) is 2.84. The quantitative estimate of drug-likeness (QED) is 0.434. The Bertz CT molecular complexity index is 286. The van der Waals surface area contributed by atoms with Crippen LogP contribution in [0.15, 0.2) is 66.2 Å². The van der Waals surface area contributed by atoms with Crippen LogP contribution >= 0.6 is 0 Å². The number of allylic oxidation sites excluding steroid dienone is 5. The van der Waals surface area contributed by atoms with Gasteiger partial charge in [0.1, 0.15) is 0 Å². The summed E-state index contributed by atoms with van der Waals surface area (Å²) in [6.45, 7) is 0. The Kier molecular flexibility index (Phi) is 6.60. The molecule has 0 aromatic heterocycles. The number of aliphatic hydroxyl groups is 2. The van der Waals surface area contributed by atoms with Crippen molar-refractivity contribution < 1.29 is 29.7 Å². The summed E-state index contributed by atoms with van der Waals surface area (Å²) in [6, 6.07) is 10.0. The Morgan fingerprint density at radius 1 is 1.00 bits per heavy atom. The molecule has 0 aliphatic heterocycles. The van der Waals surface area contributed by atoms with Crippen LogP contribution in [0.5, 0.6) is 0 Å². The van der Waals surface area contributed by atoms with Gasteiger partial charge in [-0.25, -0.2) is 12.1 Å². The molecule has 0 fully saturated rings. The fraction of sp³-hybridized carbons (Fsp3) is 0. The fourth-order valence-electron chi connectivity index (χ4n) is 0.844. The van der Waals surface area contributed by atoms with Crippen molar-refractivity contribution in [3.8, 4) is 0 Å². The molecule has 0 saturated carbocycles. The molecule has 0 amide bonds. The zero-order chi connectivity index (χ0) is 9.52. The van der Waals surface area contributed by atoms with Gasteiger partial charge in [0, 0.05) is 0 Å². The van der Waals surface area contributed by atoms with Crippen LogP contribution in [0.1, 0.15) is 0 Å². The molecule has 1 aromatic carbocycles. The predicted molar refractivity (Wildman–Crippen MR) is 52.6 cm³/mol. The maximum Gasteiger partial charge on any atom is 1.00 e. The van der Waals surface area contributed by atoms with Gasteiger partial charge in [-0.05, 0) is 12.2 Å². The first-order chi connectivity index (χ1) is 6.30. The minimum Gasteiger partial charge on any atom is -0.481 e. The molecule has 0 heterocycles. The van der Waals surface area contributed by atoms with Crippen LogP contribution in [0.3, 0.4) is 0 Å². The summed E-state index contributed by atoms with van der Waals surface area (Å²) in [4.78, 5) is 0. The van der Waals surface area contributed by atoms with E-state index >= 15 is 0 Å². The van der Waals surface area contributed by atoms with Gasteiger partial charge in [0.15, 0.2) is 0 Å². The van der Waals surface area contributed by atoms with Crippen molar-refractivity contribution in [2.45, 2.75) is 0 Å². The molecule has 3 heteroatoms. The SMILES string of the molecule is OC(O)=C1C=CC=C1.[Ru+].c1cc[cH-]c1. The summed E-state index contributed by atoms with van der Waals surface area (Å²) in [5, 5.41) is 16.8. The first kappa shape index (κ1) is 12.8. The Morgan fingerprint density at radius 3 is 1.71 bits per heavy atom. The van der Waals surface area contributed by atoms with E-state index in [1.165, 1.54) is 0 Å². The van der Waals surface area contributed by atoms with Crippen molar-refractivity contribution in [3.63, 3.8) is 0 Å². The second-order valence-electron chi connectivity index (χ2n) is 2.46. The first-order valence-electron chi connectivity index (χ1n) is 3.94. The molecule has 1 radical (unpaired) electrons. The number of hydrogen-bond donors (Lipinski definition) is 2. The first-order valence-corrected chi connectivity index (χ1v) is 3.94. The second kappa shape index (κ2) is 7.22. The van der Waals surface area contributed by atoms with E-state index in [0.717, 1.165) is 0 Å². The molecule has 0 unspecified atom stereocenters. The van der Waals surface area contributed by atoms with Gasteiger partial charge in [-0.15, -0.1) is 0 Å². The summed E-state index contributed by atoms with van der Waals surface area (Å²) in [5.74, 6) is -0.616. The zero-order valence-electron chi connectivity index (χ0n) is 7.44. The molecule has 1 aliphatic rings. The maximum absolute atomic E-state index is 8.38. The zero-order valence-corrected chi connectivity index (χ0v) is 9.18. The van der Waals surface area contributed by atoms with Gasteiger partial charge in [-0.2, -0.15) is 18.2 Å². The molecule has 14 heavy (non-hydrogen) atoms. The molecular formula is C11H11O2Ru. The third-order valence-corrected chi connectivity index (χ3v) is 1.48. The molecule has 2 nitrogen and oxygen atoms in total. The van der Waals surface area contributed by atoms with Gasteiger partial charge < -0.3 is 10.2 Å². The van der Waals surface area contributed by atoms with Crippen LogP contribution in [-0.2, 0) is 19.5 Å². The molecule has 1 aliphatic carbocycles. The maximum atomic E-state index is 8.38. The molecule has 75 valence electrons. The molecule has 0 saturated heterocycles. The van der Waals surface area contributed by atoms with E-state index in [0.29, 0.717) is 5.57 Å². The molecule has 2 N–H and O–H groups in total. The van der Waals surface area contributed by atoms with Crippen molar-refractivity contribution in [3.05, 3.63) is 66.2 Å². The summed E-state index contributed by atoms with van der Waals surface area (Å²) in [5.41, 5.74) is 0.463. The van der Waals surface area contributed by atoms with Crippen LogP contribution in [-0.4, -0.2) is 10.2 Å². The monoisotopic (exact) mass is 277 g/mol. The van der Waals surface area contributed by atoms with Gasteiger partial charge >= 0.3 is 19.5 Å². The Morgan fingerprint density at radius 2 is 1.50 bits per heavy atom. The van der Waals surface area contributed by atoms with Crippen molar-refractivity contribution in [2.24, 2.45) is 0 Å². The third-order valence-electron chi connectivity index (χ3n) is 1.48. The number of aliphatic hydroxyl groups excluding tert-OH is 1. The van der Waals surface area contributed by atoms with Crippen LogP contribution < -0.4 is 0 Å². The summed E-state index contributed by atoms with van der Waals surface area (Å²) in [6.07, 6.45) is 6.72. The van der Waals surface area contributed by atoms with E-state index in [-0.39, 0.29) is 19.5 Å². The van der Waals surface area contributed by atoms with E-state index in [1.807, 2.05) is 30.3 Å². The van der Waals surface area contributed by atoms with Crippen molar-refractivity contribution in [1.82, 2.24) is 0 Å². The van der Waals surface area contributed by atoms with Crippen molar-refractivity contribution in [1.29, 1.82) is 0 Å². The van der Waals surface area contributed by atoms with Crippen molar-refractivity contribution in [2.75, 3.05) is 0 Å². The number of hydrogen-bond acceptors (Lipinski definition) is 2. The minimum absolute atomic E-state index is 0. The van der Waals surface area contributed by atoms with Gasteiger partial charge in [-0.3, -0.25) is 0 Å². The second-order valence-corrected chi connectivity index (χ2v) is 2.46. The van der Waals surface area contributed by atoms with Gasteiger partial charge in [0.2, 0.25) is 0 Å². The molecule has 0 atom stereocenters. The van der Waals surface area contributed by atoms with Crippen LogP contribution in [0, 0.1) is 0 Å². The third kappa shape index (κ3) is 4.73. The fourth-order valence-corrected chi connectivity index (χ4v) is 0.844. The smallest absolute Gasteiger partial charge is 0.481 e. The Labute approximate surface area is 96.0 Å². The topological polar surface area (TPSA) is 40.5 Å². The largest absolute Gasteiger partial charge is 1.00 e. The van der Waals surface area contributed by atoms with Gasteiger partial charge in [0.05, 0.1) is 5.57 Å². The van der Waals surface area contributed by atoms with Crippen LogP contribution in [0.25, 0.3) is 0 Å². The molecule has 0 bridgehead atoms. The molecular weight excluding hydrogens is 265 g/mol. The summed E-state index contributed by atoms with van der Waals surface area (Å²) >= 11 is 0. The summed E-state index contributed by atoms with van der Waals surface area (Å²) < 4.78 is 0. The minimum atomic E-state index is -0.616. The average molecular weight is 276 g/mol. The van der Waals surface area contributed by atoms with Crippen LogP contribution in [0.2, 0.25) is 0 Å². The van der Waals surface area contributed by atoms with Crippen LogP contribution in [0.4, 0.5) is 0 Å². The molecule has 2 rings (SSSR count). The molecule has 0 spiro atoms. The summed E-state index contributed by atoms with van der Waals surface area (Å²) in [7, 11) is 0. The van der Waals surface area contributed by atoms with Gasteiger partial charge in [0.25, 0.3) is 5.95 Å². The van der Waals surface area contributed by atoms with E-state index in [2.05, 4.69) is 0 Å². The normalized spacial score (nSPS) is 11.6. The van der Waals surface area contributed by atoms with E-state index in [9.17, 15) is 0 Å². The Balaban J connectivity index is 0.000000246. The Hall–Kier alpha value is -1.21. The van der Waals surface area contributed by atoms with E-state index in [4.69, 9.17) is 10.2 Å². The average Bonchev–Trinajstić information content (AvgIpc) is 2.82. The van der Waals surface area contributed by atoms with E-state index in [1.54, 1.807) is 24.3 Å². The van der Waals surface area contributed by atoms with Crippen molar-refractivity contribution >= 4 is 0 Å². The van der Waals surface area contributed by atoms with E-state index < -0.39 is 5.95 Å². The number of rotatable bonds is 0.